The highest BCUT2D eigenvalue weighted by Gasteiger charge is 2.05. The number of rotatable bonds is 2. The zero-order valence-corrected chi connectivity index (χ0v) is 10.1. The molecule has 92 valence electrons. The van der Waals surface area contributed by atoms with Crippen LogP contribution in [0, 0.1) is 6.92 Å². The van der Waals surface area contributed by atoms with Crippen molar-refractivity contribution in [2.45, 2.75) is 6.92 Å². The van der Waals surface area contributed by atoms with E-state index in [4.69, 9.17) is 4.42 Å². The number of carbonyl (C=O) groups is 1. The standard InChI is InChI=1S/C14H12O4/c1-9-3-5-12-11(7-9)14(16)10(8-18-12)4-6-13(15)17-2/h3-8H,1-2H3/b6-4+. The number of aryl methyl sites for hydroxylation is 1. The summed E-state index contributed by atoms with van der Waals surface area (Å²) in [4.78, 5) is 23.1. The number of benzene rings is 1. The molecule has 1 heterocycles. The first kappa shape index (κ1) is 12.1. The third-order valence-corrected chi connectivity index (χ3v) is 2.55. The van der Waals surface area contributed by atoms with Crippen molar-refractivity contribution in [2.75, 3.05) is 7.11 Å². The number of fused-ring (bicyclic) bond motifs is 1. The van der Waals surface area contributed by atoms with E-state index in [9.17, 15) is 9.59 Å². The highest BCUT2D eigenvalue weighted by molar-refractivity contribution is 5.88. The molecule has 1 aromatic carbocycles. The maximum absolute atomic E-state index is 12.1. The quantitative estimate of drug-likeness (QED) is 0.600. The molecule has 0 radical (unpaired) electrons. The van der Waals surface area contributed by atoms with Gasteiger partial charge in [0.1, 0.15) is 11.8 Å². The van der Waals surface area contributed by atoms with E-state index < -0.39 is 5.97 Å². The lowest BCUT2D eigenvalue weighted by atomic mass is 10.1. The molecule has 0 aliphatic heterocycles. The fourth-order valence-corrected chi connectivity index (χ4v) is 1.60. The van der Waals surface area contributed by atoms with Crippen LogP contribution < -0.4 is 5.43 Å². The Morgan fingerprint density at radius 2 is 2.17 bits per heavy atom. The molecule has 4 heteroatoms. The minimum atomic E-state index is -0.515. The van der Waals surface area contributed by atoms with Crippen LogP contribution in [0.2, 0.25) is 0 Å². The van der Waals surface area contributed by atoms with E-state index >= 15 is 0 Å². The third kappa shape index (κ3) is 2.32. The molecule has 0 aliphatic carbocycles. The highest BCUT2D eigenvalue weighted by Crippen LogP contribution is 2.13. The van der Waals surface area contributed by atoms with Gasteiger partial charge in [-0.1, -0.05) is 11.6 Å². The zero-order valence-electron chi connectivity index (χ0n) is 10.1. The molecule has 2 aromatic rings. The predicted octanol–water partition coefficient (Wildman–Crippen LogP) is 2.29. The Hall–Kier alpha value is -2.36. The Morgan fingerprint density at radius 3 is 2.89 bits per heavy atom. The van der Waals surface area contributed by atoms with Gasteiger partial charge in [-0.05, 0) is 25.1 Å². The predicted molar refractivity (Wildman–Crippen MR) is 68.3 cm³/mol. The summed E-state index contributed by atoms with van der Waals surface area (Å²) in [5, 5.41) is 0.502. The molecule has 0 N–H and O–H groups in total. The fraction of sp³-hybridized carbons (Fsp3) is 0.143. The van der Waals surface area contributed by atoms with Gasteiger partial charge in [0.2, 0.25) is 0 Å². The fourth-order valence-electron chi connectivity index (χ4n) is 1.60. The Balaban J connectivity index is 2.54. The lowest BCUT2D eigenvalue weighted by Crippen LogP contribution is -2.05. The highest BCUT2D eigenvalue weighted by atomic mass is 16.5. The van der Waals surface area contributed by atoms with Crippen LogP contribution in [-0.2, 0) is 9.53 Å². The van der Waals surface area contributed by atoms with Crippen molar-refractivity contribution in [2.24, 2.45) is 0 Å². The summed E-state index contributed by atoms with van der Waals surface area (Å²) in [7, 11) is 1.28. The minimum Gasteiger partial charge on any atom is -0.466 e. The first-order valence-corrected chi connectivity index (χ1v) is 5.40. The summed E-state index contributed by atoms with van der Waals surface area (Å²) in [6.07, 6.45) is 3.91. The van der Waals surface area contributed by atoms with Gasteiger partial charge >= 0.3 is 5.97 Å². The topological polar surface area (TPSA) is 56.5 Å². The van der Waals surface area contributed by atoms with Crippen molar-refractivity contribution in [1.29, 1.82) is 0 Å². The number of hydrogen-bond acceptors (Lipinski definition) is 4. The maximum atomic E-state index is 12.1. The molecule has 0 bridgehead atoms. The second-order valence-corrected chi connectivity index (χ2v) is 3.88. The van der Waals surface area contributed by atoms with Crippen LogP contribution in [0.25, 0.3) is 17.0 Å². The van der Waals surface area contributed by atoms with Gasteiger partial charge in [0.25, 0.3) is 0 Å². The van der Waals surface area contributed by atoms with E-state index in [1.54, 1.807) is 12.1 Å². The molecular weight excluding hydrogens is 232 g/mol. The van der Waals surface area contributed by atoms with Crippen LogP contribution in [0.15, 0.2) is 39.7 Å². The second-order valence-electron chi connectivity index (χ2n) is 3.88. The second kappa shape index (κ2) is 4.87. The summed E-state index contributed by atoms with van der Waals surface area (Å²) in [6.45, 7) is 1.90. The van der Waals surface area contributed by atoms with Gasteiger partial charge in [-0.15, -0.1) is 0 Å². The molecule has 0 saturated heterocycles. The van der Waals surface area contributed by atoms with Crippen LogP contribution >= 0.6 is 0 Å². The number of hydrogen-bond donors (Lipinski definition) is 0. The molecule has 0 fully saturated rings. The number of methoxy groups -OCH3 is 1. The Labute approximate surface area is 103 Å². The largest absolute Gasteiger partial charge is 0.466 e. The van der Waals surface area contributed by atoms with Gasteiger partial charge in [0, 0.05) is 6.08 Å². The van der Waals surface area contributed by atoms with Gasteiger partial charge in [0.05, 0.1) is 18.1 Å². The summed E-state index contributed by atoms with van der Waals surface area (Å²) < 4.78 is 9.80. The van der Waals surface area contributed by atoms with E-state index in [0.29, 0.717) is 16.5 Å². The van der Waals surface area contributed by atoms with E-state index in [-0.39, 0.29) is 5.43 Å². The molecule has 0 aliphatic rings. The van der Waals surface area contributed by atoms with E-state index in [1.165, 1.54) is 25.5 Å². The molecule has 0 saturated carbocycles. The first-order chi connectivity index (χ1) is 8.61. The van der Waals surface area contributed by atoms with Gasteiger partial charge in [-0.3, -0.25) is 4.79 Å². The van der Waals surface area contributed by atoms with Crippen molar-refractivity contribution in [3.05, 3.63) is 51.9 Å². The van der Waals surface area contributed by atoms with Crippen LogP contribution in [-0.4, -0.2) is 13.1 Å². The zero-order chi connectivity index (χ0) is 13.1. The Morgan fingerprint density at radius 1 is 1.39 bits per heavy atom. The van der Waals surface area contributed by atoms with E-state index in [0.717, 1.165) is 5.56 Å². The van der Waals surface area contributed by atoms with Crippen LogP contribution in [0.3, 0.4) is 0 Å². The van der Waals surface area contributed by atoms with Crippen molar-refractivity contribution in [1.82, 2.24) is 0 Å². The molecular formula is C14H12O4. The van der Waals surface area contributed by atoms with Crippen molar-refractivity contribution < 1.29 is 13.9 Å². The summed E-state index contributed by atoms with van der Waals surface area (Å²) in [5.41, 5.74) is 1.66. The monoisotopic (exact) mass is 244 g/mol. The van der Waals surface area contributed by atoms with Crippen LogP contribution in [0.4, 0.5) is 0 Å². The van der Waals surface area contributed by atoms with E-state index in [2.05, 4.69) is 4.74 Å². The summed E-state index contributed by atoms with van der Waals surface area (Å²) in [6, 6.07) is 5.38. The Kier molecular flexibility index (Phi) is 3.28. The molecule has 0 unspecified atom stereocenters. The van der Waals surface area contributed by atoms with Crippen LogP contribution in [0.1, 0.15) is 11.1 Å². The van der Waals surface area contributed by atoms with Gasteiger partial charge < -0.3 is 9.15 Å². The van der Waals surface area contributed by atoms with E-state index in [1.807, 2.05) is 13.0 Å². The lowest BCUT2D eigenvalue weighted by molar-refractivity contribution is -0.134. The molecule has 4 nitrogen and oxygen atoms in total. The molecule has 2 rings (SSSR count). The molecule has 18 heavy (non-hydrogen) atoms. The Bertz CT molecular complexity index is 680. The smallest absolute Gasteiger partial charge is 0.330 e. The normalized spacial score (nSPS) is 11.0. The van der Waals surface area contributed by atoms with Crippen molar-refractivity contribution in [3.8, 4) is 0 Å². The average Bonchev–Trinajstić information content (AvgIpc) is 2.38. The first-order valence-electron chi connectivity index (χ1n) is 5.40. The SMILES string of the molecule is COC(=O)/C=C/c1coc2ccc(C)cc2c1=O. The van der Waals surface area contributed by atoms with Gasteiger partial charge in [-0.2, -0.15) is 0 Å². The molecule has 0 amide bonds. The maximum Gasteiger partial charge on any atom is 0.330 e. The lowest BCUT2D eigenvalue weighted by Gasteiger charge is -1.99. The number of esters is 1. The third-order valence-electron chi connectivity index (χ3n) is 2.55. The van der Waals surface area contributed by atoms with Crippen LogP contribution in [0.5, 0.6) is 0 Å². The summed E-state index contributed by atoms with van der Waals surface area (Å²) >= 11 is 0. The van der Waals surface area contributed by atoms with Gasteiger partial charge in [-0.25, -0.2) is 4.79 Å². The molecule has 0 spiro atoms. The van der Waals surface area contributed by atoms with Crippen molar-refractivity contribution in [3.63, 3.8) is 0 Å². The number of carbonyl (C=O) groups excluding carboxylic acids is 1. The number of ether oxygens (including phenoxy) is 1. The molecule has 1 aromatic heterocycles. The molecule has 0 atom stereocenters. The van der Waals surface area contributed by atoms with Crippen molar-refractivity contribution >= 4 is 23.0 Å². The average molecular weight is 244 g/mol. The minimum absolute atomic E-state index is 0.167. The van der Waals surface area contributed by atoms with Gasteiger partial charge in [0.15, 0.2) is 5.43 Å². The summed E-state index contributed by atoms with van der Waals surface area (Å²) in [5.74, 6) is -0.515.